The number of aliphatic imine (C=N–C) groups is 1. The largest absolute Gasteiger partial charge is 0.418 e. The molecule has 4 amide bonds. The predicted molar refractivity (Wildman–Crippen MR) is 122 cm³/mol. The summed E-state index contributed by atoms with van der Waals surface area (Å²) in [5, 5.41) is 4.24. The number of aromatic nitrogens is 2. The van der Waals surface area contributed by atoms with E-state index >= 15 is 0 Å². The van der Waals surface area contributed by atoms with Gasteiger partial charge in [-0.2, -0.15) is 13.2 Å². The summed E-state index contributed by atoms with van der Waals surface area (Å²) in [5.74, 6) is -1.48. The number of nitrogens with zero attached hydrogens (tertiary/aromatic N) is 6. The van der Waals surface area contributed by atoms with Crippen molar-refractivity contribution in [1.29, 1.82) is 0 Å². The molecule has 11 nitrogen and oxygen atoms in total. The fourth-order valence-electron chi connectivity index (χ4n) is 3.87. The van der Waals surface area contributed by atoms with Gasteiger partial charge in [0.25, 0.3) is 5.91 Å². The van der Waals surface area contributed by atoms with Crippen LogP contribution in [0.4, 0.5) is 23.8 Å². The summed E-state index contributed by atoms with van der Waals surface area (Å²) in [4.78, 5) is 65.0. The van der Waals surface area contributed by atoms with E-state index in [0.29, 0.717) is 0 Å². The molecule has 2 aliphatic heterocycles. The van der Waals surface area contributed by atoms with E-state index in [9.17, 15) is 32.3 Å². The summed E-state index contributed by atoms with van der Waals surface area (Å²) in [6.07, 6.45) is -2.85. The van der Waals surface area contributed by atoms with Crippen LogP contribution in [0.5, 0.6) is 0 Å². The number of halogens is 3. The molecular formula is C21H20F3N7O4S. The number of hydrogen-bond donors (Lipinski definition) is 1. The zero-order valence-electron chi connectivity index (χ0n) is 19.2. The van der Waals surface area contributed by atoms with Gasteiger partial charge in [-0.1, -0.05) is 0 Å². The van der Waals surface area contributed by atoms with Crippen molar-refractivity contribution < 1.29 is 32.3 Å². The molecule has 1 fully saturated rings. The second-order valence-electron chi connectivity index (χ2n) is 8.26. The lowest BCUT2D eigenvalue weighted by atomic mass is 10.1. The molecule has 2 atom stereocenters. The van der Waals surface area contributed by atoms with E-state index in [-0.39, 0.29) is 34.4 Å². The standard InChI is InChI=1S/C21H20F3N7O4S/c1-10(32)6-31-19(34)16-17(29(3)20(31)35)26-9-30(16)7-15(33)27-14-8-36-18(28-14)12-4-13(21(22,23)24)11(2)25-5-12/h4-5,8-9,16-17H,6-7H2,1-3H3,(H,27,33). The maximum absolute atomic E-state index is 13.2. The average Bonchev–Trinajstić information content (AvgIpc) is 3.42. The summed E-state index contributed by atoms with van der Waals surface area (Å²) in [5.41, 5.74) is -0.879. The summed E-state index contributed by atoms with van der Waals surface area (Å²) >= 11 is 1.03. The van der Waals surface area contributed by atoms with Gasteiger partial charge < -0.3 is 15.1 Å². The number of thiazole rings is 1. The molecule has 0 radical (unpaired) electrons. The highest BCUT2D eigenvalue weighted by atomic mass is 32.1. The number of hydrogen-bond acceptors (Lipinski definition) is 9. The molecule has 2 aliphatic rings. The molecule has 15 heteroatoms. The summed E-state index contributed by atoms with van der Waals surface area (Å²) in [6, 6.07) is -0.690. The molecule has 2 unspecified atom stereocenters. The number of carbonyl (C=O) groups is 4. The van der Waals surface area contributed by atoms with Crippen LogP contribution < -0.4 is 5.32 Å². The number of alkyl halides is 3. The van der Waals surface area contributed by atoms with Gasteiger partial charge in [0, 0.05) is 29.9 Å². The van der Waals surface area contributed by atoms with Crippen LogP contribution in [0.15, 0.2) is 22.6 Å². The Labute approximate surface area is 206 Å². The monoisotopic (exact) mass is 523 g/mol. The first-order valence-corrected chi connectivity index (χ1v) is 11.4. The molecule has 4 heterocycles. The lowest BCUT2D eigenvalue weighted by Gasteiger charge is -2.40. The van der Waals surface area contributed by atoms with E-state index < -0.39 is 48.3 Å². The Bertz CT molecular complexity index is 1280. The number of nitrogens with one attached hydrogen (secondary N) is 1. The van der Waals surface area contributed by atoms with Gasteiger partial charge in [-0.05, 0) is 19.9 Å². The van der Waals surface area contributed by atoms with Gasteiger partial charge in [-0.15, -0.1) is 11.3 Å². The molecule has 0 bridgehead atoms. The third kappa shape index (κ3) is 4.78. The van der Waals surface area contributed by atoms with Crippen LogP contribution in [0, 0.1) is 6.92 Å². The Hall–Kier alpha value is -3.88. The van der Waals surface area contributed by atoms with Crippen LogP contribution in [0.1, 0.15) is 18.2 Å². The van der Waals surface area contributed by atoms with Crippen LogP contribution in [-0.2, 0) is 20.6 Å². The number of amides is 4. The molecule has 0 aromatic carbocycles. The van der Waals surface area contributed by atoms with Crippen LogP contribution in [0.25, 0.3) is 10.6 Å². The van der Waals surface area contributed by atoms with Crippen molar-refractivity contribution in [2.24, 2.45) is 4.99 Å². The third-order valence-electron chi connectivity index (χ3n) is 5.57. The van der Waals surface area contributed by atoms with Crippen LogP contribution in [0.2, 0.25) is 0 Å². The number of Topliss-reactive ketones (excluding diaryl/α,β-unsaturated/α-hetero) is 1. The van der Waals surface area contributed by atoms with Crippen molar-refractivity contribution in [3.8, 4) is 10.6 Å². The molecule has 2 aromatic rings. The van der Waals surface area contributed by atoms with Crippen molar-refractivity contribution in [1.82, 2.24) is 24.7 Å². The van der Waals surface area contributed by atoms with Crippen molar-refractivity contribution in [2.75, 3.05) is 25.5 Å². The minimum atomic E-state index is -4.56. The lowest BCUT2D eigenvalue weighted by Crippen LogP contribution is -2.65. The topological polar surface area (TPSA) is 128 Å². The molecule has 36 heavy (non-hydrogen) atoms. The summed E-state index contributed by atoms with van der Waals surface area (Å²) < 4.78 is 39.6. The zero-order chi connectivity index (χ0) is 26.4. The van der Waals surface area contributed by atoms with Gasteiger partial charge >= 0.3 is 12.2 Å². The number of carbonyl (C=O) groups excluding carboxylic acids is 4. The van der Waals surface area contributed by atoms with Crippen LogP contribution in [0.3, 0.4) is 0 Å². The third-order valence-corrected chi connectivity index (χ3v) is 6.47. The highest BCUT2D eigenvalue weighted by Crippen LogP contribution is 2.35. The maximum atomic E-state index is 13.2. The van der Waals surface area contributed by atoms with Crippen molar-refractivity contribution in [3.63, 3.8) is 0 Å². The second kappa shape index (κ2) is 9.29. The van der Waals surface area contributed by atoms with E-state index in [1.54, 1.807) is 0 Å². The fraction of sp³-hybridized carbons (Fsp3) is 0.381. The van der Waals surface area contributed by atoms with Crippen molar-refractivity contribution >= 4 is 47.1 Å². The molecule has 0 saturated carbocycles. The van der Waals surface area contributed by atoms with Gasteiger partial charge in [-0.25, -0.2) is 14.8 Å². The smallest absolute Gasteiger partial charge is 0.338 e. The lowest BCUT2D eigenvalue weighted by molar-refractivity contribution is -0.140. The van der Waals surface area contributed by atoms with E-state index in [0.717, 1.165) is 22.3 Å². The van der Waals surface area contributed by atoms with Gasteiger partial charge in [0.15, 0.2) is 12.2 Å². The number of likely N-dealkylation sites (N-methyl/N-ethyl adjacent to an activating group) is 1. The van der Waals surface area contributed by atoms with Crippen LogP contribution >= 0.6 is 11.3 Å². The number of rotatable bonds is 6. The number of fused-ring (bicyclic) bond motifs is 1. The van der Waals surface area contributed by atoms with Crippen molar-refractivity contribution in [2.45, 2.75) is 32.2 Å². The molecule has 0 aliphatic carbocycles. The highest BCUT2D eigenvalue weighted by Gasteiger charge is 2.50. The first kappa shape index (κ1) is 25.2. The zero-order valence-corrected chi connectivity index (χ0v) is 20.1. The first-order valence-electron chi connectivity index (χ1n) is 10.5. The summed E-state index contributed by atoms with van der Waals surface area (Å²) in [7, 11) is 1.45. The van der Waals surface area contributed by atoms with E-state index in [4.69, 9.17) is 0 Å². The molecular weight excluding hydrogens is 503 g/mol. The van der Waals surface area contributed by atoms with E-state index in [1.807, 2.05) is 0 Å². The number of imide groups is 1. The molecule has 2 aromatic heterocycles. The minimum absolute atomic E-state index is 0.113. The highest BCUT2D eigenvalue weighted by molar-refractivity contribution is 7.13. The number of urea groups is 1. The number of pyridine rings is 1. The predicted octanol–water partition coefficient (Wildman–Crippen LogP) is 1.99. The number of ketones is 1. The van der Waals surface area contributed by atoms with Crippen LogP contribution in [-0.4, -0.2) is 87.0 Å². The SMILES string of the molecule is CC(=O)CN1C(=O)C2C(N=CN2CC(=O)Nc2csc(-c3cnc(C)c(C(F)(F)F)c3)n2)N(C)C1=O. The fourth-order valence-corrected chi connectivity index (χ4v) is 4.61. The van der Waals surface area contributed by atoms with Gasteiger partial charge in [-0.3, -0.25) is 24.3 Å². The Morgan fingerprint density at radius 2 is 1.94 bits per heavy atom. The molecule has 0 spiro atoms. The Kier molecular flexibility index (Phi) is 6.51. The summed E-state index contributed by atoms with van der Waals surface area (Å²) in [6.45, 7) is 1.80. The van der Waals surface area contributed by atoms with Crippen molar-refractivity contribution in [3.05, 3.63) is 28.9 Å². The van der Waals surface area contributed by atoms with Gasteiger partial charge in [0.2, 0.25) is 5.91 Å². The Morgan fingerprint density at radius 1 is 1.22 bits per heavy atom. The van der Waals surface area contributed by atoms with Gasteiger partial charge in [0.05, 0.1) is 25.0 Å². The quantitative estimate of drug-likeness (QED) is 0.613. The Balaban J connectivity index is 1.45. The molecule has 1 saturated heterocycles. The van der Waals surface area contributed by atoms with Gasteiger partial charge in [0.1, 0.15) is 16.6 Å². The molecule has 190 valence electrons. The molecule has 4 rings (SSSR count). The minimum Gasteiger partial charge on any atom is -0.338 e. The number of aryl methyl sites for hydroxylation is 1. The second-order valence-corrected chi connectivity index (χ2v) is 9.11. The Morgan fingerprint density at radius 3 is 2.61 bits per heavy atom. The van der Waals surface area contributed by atoms with E-state index in [1.165, 1.54) is 48.6 Å². The number of anilines is 1. The maximum Gasteiger partial charge on any atom is 0.418 e. The normalized spacial score (nSPS) is 19.7. The molecule has 1 N–H and O–H groups in total. The average molecular weight is 523 g/mol. The van der Waals surface area contributed by atoms with E-state index in [2.05, 4.69) is 20.3 Å². The first-order chi connectivity index (χ1) is 16.9.